The van der Waals surface area contributed by atoms with Crippen molar-refractivity contribution in [1.82, 2.24) is 39.0 Å². The summed E-state index contributed by atoms with van der Waals surface area (Å²) in [4.78, 5) is 25.8. The predicted octanol–water partition coefficient (Wildman–Crippen LogP) is 0.492. The first-order valence-corrected chi connectivity index (χ1v) is 18.9. The van der Waals surface area contributed by atoms with Crippen LogP contribution in [0.4, 0.5) is 11.6 Å². The Morgan fingerprint density at radius 2 is 1.25 bits per heavy atom. The molecule has 0 radical (unpaired) electrons. The number of hydrogen-bond donors (Lipinski definition) is 8. The standard InChI is InChI=1S/C24H28N10O10P2S2/c35-5-11-15(37)18(44-46(40)48)24(41-11)34-10-32-14-20(28-8-30-22(14)34)26-4-2-1-3-25-19-13-21(29-7-27-19)33(9-31-13)23-16(38)17(43-45(39)47)12(6-36)42-23/h1-2,7-12,15-18,23-24,35-38H,3-6H2,(H2-2,25,26,27,28,29,30,39,40,47,48)/p+2/b2-1+/t11?,12?,15-,16-,17-,18-,23-,24-/m1/s1. The molecule has 2 fully saturated rings. The molecule has 6 rings (SSSR count). The van der Waals surface area contributed by atoms with E-state index in [9.17, 15) is 29.6 Å². The average molecular weight is 745 g/mol. The molecule has 0 aliphatic carbocycles. The minimum Gasteiger partial charge on any atom is -0.394 e. The number of anilines is 2. The van der Waals surface area contributed by atoms with Gasteiger partial charge in [-0.15, -0.1) is 9.05 Å². The Morgan fingerprint density at radius 3 is 1.77 bits per heavy atom. The van der Waals surface area contributed by atoms with Crippen molar-refractivity contribution in [2.75, 3.05) is 36.9 Å². The van der Waals surface area contributed by atoms with Gasteiger partial charge in [0.2, 0.25) is 0 Å². The molecule has 0 spiro atoms. The Labute approximate surface area is 283 Å². The maximum absolute atomic E-state index is 11.7. The van der Waals surface area contributed by atoms with E-state index in [1.54, 1.807) is 0 Å². The summed E-state index contributed by atoms with van der Waals surface area (Å²) in [6, 6.07) is 0. The van der Waals surface area contributed by atoms with Crippen LogP contribution in [-0.4, -0.2) is 122 Å². The van der Waals surface area contributed by atoms with Crippen LogP contribution in [0.15, 0.2) is 37.5 Å². The Hall–Kier alpha value is -2.98. The first kappa shape index (κ1) is 34.9. The molecule has 2 aliphatic heterocycles. The zero-order valence-electron chi connectivity index (χ0n) is 24.5. The number of fused-ring (bicyclic) bond motifs is 2. The van der Waals surface area contributed by atoms with Gasteiger partial charge >= 0.3 is 14.5 Å². The van der Waals surface area contributed by atoms with Gasteiger partial charge in [0.15, 0.2) is 58.6 Å². The monoisotopic (exact) mass is 744 g/mol. The van der Waals surface area contributed by atoms with Crippen molar-refractivity contribution in [2.45, 2.75) is 49.1 Å². The minimum absolute atomic E-state index is 0.351. The van der Waals surface area contributed by atoms with Crippen LogP contribution in [-0.2, 0) is 27.7 Å². The van der Waals surface area contributed by atoms with Crippen LogP contribution >= 0.6 is 39.0 Å². The summed E-state index contributed by atoms with van der Waals surface area (Å²) in [6.07, 6.45) is 0.571. The lowest BCUT2D eigenvalue weighted by atomic mass is 10.1. The second-order valence-electron chi connectivity index (χ2n) is 10.4. The van der Waals surface area contributed by atoms with Gasteiger partial charge in [-0.3, -0.25) is 9.13 Å². The van der Waals surface area contributed by atoms with Gasteiger partial charge in [-0.1, -0.05) is 12.2 Å². The van der Waals surface area contributed by atoms with Gasteiger partial charge in [-0.05, 0) is 9.13 Å². The van der Waals surface area contributed by atoms with Gasteiger partial charge in [0.25, 0.3) is 0 Å². The highest BCUT2D eigenvalue weighted by atomic mass is 32.7. The third-order valence-corrected chi connectivity index (χ3v) is 9.03. The molecule has 2 saturated heterocycles. The van der Waals surface area contributed by atoms with E-state index in [1.807, 2.05) is 12.2 Å². The summed E-state index contributed by atoms with van der Waals surface area (Å²) in [7, 11) is -4.73. The van der Waals surface area contributed by atoms with Crippen molar-refractivity contribution in [2.24, 2.45) is 0 Å². The summed E-state index contributed by atoms with van der Waals surface area (Å²) in [5, 5.41) is 46.8. The number of thiol groups is 2. The molecular weight excluding hydrogens is 714 g/mol. The van der Waals surface area contributed by atoms with Crippen LogP contribution in [0.25, 0.3) is 22.3 Å². The summed E-state index contributed by atoms with van der Waals surface area (Å²) >= 11 is 7.51. The third kappa shape index (κ3) is 7.02. The Balaban J connectivity index is 1.08. The van der Waals surface area contributed by atoms with Gasteiger partial charge in [0.05, 0.1) is 25.9 Å². The molecule has 6 N–H and O–H groups in total. The van der Waals surface area contributed by atoms with Crippen molar-refractivity contribution in [1.29, 1.82) is 0 Å². The highest BCUT2D eigenvalue weighted by Crippen LogP contribution is 2.42. The molecule has 24 heteroatoms. The van der Waals surface area contributed by atoms with E-state index in [4.69, 9.17) is 18.5 Å². The van der Waals surface area contributed by atoms with Crippen molar-refractivity contribution >= 4 is 72.9 Å². The molecule has 0 saturated carbocycles. The third-order valence-electron chi connectivity index (χ3n) is 7.61. The number of nitrogens with zero attached hydrogens (tertiary/aromatic N) is 8. The molecule has 2 aliphatic rings. The van der Waals surface area contributed by atoms with Crippen molar-refractivity contribution in [3.05, 3.63) is 37.5 Å². The van der Waals surface area contributed by atoms with E-state index in [1.165, 1.54) is 34.4 Å². The molecular formula is C24H30N10O10P2S2+2. The largest absolute Gasteiger partial charge is 0.582 e. The molecule has 256 valence electrons. The maximum atomic E-state index is 11.7. The first-order valence-electron chi connectivity index (χ1n) is 14.2. The van der Waals surface area contributed by atoms with Crippen molar-refractivity contribution in [3.63, 3.8) is 0 Å². The van der Waals surface area contributed by atoms with Gasteiger partial charge < -0.3 is 40.5 Å². The summed E-state index contributed by atoms with van der Waals surface area (Å²) in [5.74, 6) is 0.840. The lowest BCUT2D eigenvalue weighted by Gasteiger charge is -2.16. The summed E-state index contributed by atoms with van der Waals surface area (Å²) < 4.78 is 48.1. The number of hydrogen-bond acceptors (Lipinski definition) is 18. The van der Waals surface area contributed by atoms with Crippen LogP contribution in [0, 0.1) is 0 Å². The number of aromatic nitrogens is 8. The van der Waals surface area contributed by atoms with Gasteiger partial charge in [-0.25, -0.2) is 29.9 Å². The molecule has 4 aromatic rings. The second kappa shape index (κ2) is 15.3. The molecule has 0 aromatic carbocycles. The summed E-state index contributed by atoms with van der Waals surface area (Å²) in [5.41, 5.74) is 1.51. The SMILES string of the molecule is O=[P+](S)O[C@@H]1[C@H](O)C(CO)O[C@H]1n1cnc2c(NC/C=C/CNc3ncnc4c3ncn4[C@@H]3OC(CO)[C@@H](O[P+](=O)S)[C@H]3O)ncnc21. The lowest BCUT2D eigenvalue weighted by Crippen LogP contribution is -2.34. The molecule has 10 atom stereocenters. The first-order chi connectivity index (χ1) is 23.2. The fraction of sp³-hybridized carbons (Fsp3) is 0.500. The lowest BCUT2D eigenvalue weighted by molar-refractivity contribution is -0.0502. The molecule has 48 heavy (non-hydrogen) atoms. The average Bonchev–Trinajstić information content (AvgIpc) is 3.83. The van der Waals surface area contributed by atoms with E-state index in [0.29, 0.717) is 47.1 Å². The molecule has 0 amide bonds. The van der Waals surface area contributed by atoms with Gasteiger partial charge in [0.1, 0.15) is 61.6 Å². The highest BCUT2D eigenvalue weighted by Gasteiger charge is 2.51. The van der Waals surface area contributed by atoms with Crippen LogP contribution < -0.4 is 10.6 Å². The normalized spacial score (nSPS) is 28.1. The number of aliphatic hydroxyl groups excluding tert-OH is 4. The molecule has 0 bridgehead atoms. The molecule has 20 nitrogen and oxygen atoms in total. The Morgan fingerprint density at radius 1 is 0.750 bits per heavy atom. The molecule has 4 unspecified atom stereocenters. The fourth-order valence-electron chi connectivity index (χ4n) is 5.45. The van der Waals surface area contributed by atoms with E-state index in [2.05, 4.69) is 65.0 Å². The van der Waals surface area contributed by atoms with Crippen molar-refractivity contribution < 1.29 is 48.1 Å². The van der Waals surface area contributed by atoms with Crippen LogP contribution in [0.3, 0.4) is 0 Å². The number of rotatable bonds is 14. The molecule has 6 heterocycles. The van der Waals surface area contributed by atoms with Crippen LogP contribution in [0.2, 0.25) is 0 Å². The van der Waals surface area contributed by atoms with E-state index >= 15 is 0 Å². The zero-order valence-corrected chi connectivity index (χ0v) is 28.1. The summed E-state index contributed by atoms with van der Waals surface area (Å²) in [6.45, 7) is -0.239. The highest BCUT2D eigenvalue weighted by molar-refractivity contribution is 8.39. The van der Waals surface area contributed by atoms with E-state index in [0.717, 1.165) is 0 Å². The zero-order chi connectivity index (χ0) is 33.9. The number of ether oxygens (including phenoxy) is 2. The van der Waals surface area contributed by atoms with Gasteiger partial charge in [0, 0.05) is 13.1 Å². The molecule has 4 aromatic heterocycles. The number of imidazole rings is 2. The predicted molar refractivity (Wildman–Crippen MR) is 174 cm³/mol. The number of aliphatic hydroxyl groups is 4. The Bertz CT molecular complexity index is 1820. The quantitative estimate of drug-likeness (QED) is 0.0496. The minimum atomic E-state index is -2.38. The van der Waals surface area contributed by atoms with E-state index in [-0.39, 0.29) is 0 Å². The van der Waals surface area contributed by atoms with Crippen LogP contribution in [0.5, 0.6) is 0 Å². The topological polar surface area (TPSA) is 263 Å². The Kier molecular flexibility index (Phi) is 11.1. The number of nitrogens with one attached hydrogen (secondary N) is 2. The fourth-order valence-corrected chi connectivity index (χ4v) is 7.01. The van der Waals surface area contributed by atoms with E-state index < -0.39 is 76.8 Å². The van der Waals surface area contributed by atoms with Gasteiger partial charge in [-0.2, -0.15) is 0 Å². The van der Waals surface area contributed by atoms with Crippen LogP contribution in [0.1, 0.15) is 12.5 Å². The smallest absolute Gasteiger partial charge is 0.394 e. The van der Waals surface area contributed by atoms with Crippen molar-refractivity contribution in [3.8, 4) is 0 Å². The maximum Gasteiger partial charge on any atom is 0.582 e. The second-order valence-corrected chi connectivity index (χ2v) is 13.8.